The van der Waals surface area contributed by atoms with Crippen molar-refractivity contribution in [3.8, 4) is 0 Å². The first kappa shape index (κ1) is 15.7. The maximum atomic E-state index is 12.2. The van der Waals surface area contributed by atoms with Crippen LogP contribution in [0.4, 0.5) is 5.69 Å². The summed E-state index contributed by atoms with van der Waals surface area (Å²) in [5.74, 6) is 0.0101. The van der Waals surface area contributed by atoms with Gasteiger partial charge in [-0.05, 0) is 32.0 Å². The van der Waals surface area contributed by atoms with E-state index in [1.165, 1.54) is 5.56 Å². The predicted molar refractivity (Wildman–Crippen MR) is 89.0 cm³/mol. The molecule has 0 aliphatic carbocycles. The first-order chi connectivity index (χ1) is 10.1. The monoisotopic (exact) mass is 347 g/mol. The third kappa shape index (κ3) is 4.69. The number of rotatable bonds is 5. The van der Waals surface area contributed by atoms with Crippen molar-refractivity contribution in [3.05, 3.63) is 64.6 Å². The molecule has 0 aliphatic heterocycles. The van der Waals surface area contributed by atoms with Crippen LogP contribution in [-0.2, 0) is 4.79 Å². The molecule has 0 aliphatic rings. The van der Waals surface area contributed by atoms with Crippen LogP contribution in [0.2, 0.25) is 0 Å². The zero-order valence-electron chi connectivity index (χ0n) is 12.2. The number of nitrogens with one attached hydrogen (secondary N) is 1. The van der Waals surface area contributed by atoms with Crippen LogP contribution in [-0.4, -0.2) is 11.9 Å². The van der Waals surface area contributed by atoms with E-state index in [0.29, 0.717) is 0 Å². The standard InChI is InChI=1S/C17H19BrN2O/c1-12(14-7-4-3-5-8-14)19-13(2)17(21)20-16-10-6-9-15(18)11-16/h3-13,19H,1-2H3,(H,20,21)/p+1/t12-,13+/m1/s1. The molecule has 0 bridgehead atoms. The van der Waals surface area contributed by atoms with Gasteiger partial charge in [0.15, 0.2) is 6.04 Å². The molecule has 0 saturated heterocycles. The Morgan fingerprint density at radius 1 is 1.10 bits per heavy atom. The second kappa shape index (κ2) is 7.38. The van der Waals surface area contributed by atoms with E-state index in [9.17, 15) is 4.79 Å². The number of halogens is 1. The molecule has 3 N–H and O–H groups in total. The van der Waals surface area contributed by atoms with Gasteiger partial charge in [-0.1, -0.05) is 52.3 Å². The maximum absolute atomic E-state index is 12.2. The van der Waals surface area contributed by atoms with Gasteiger partial charge >= 0.3 is 0 Å². The lowest BCUT2D eigenvalue weighted by atomic mass is 10.1. The molecule has 2 rings (SSSR count). The Labute approximate surface area is 133 Å². The zero-order chi connectivity index (χ0) is 15.2. The van der Waals surface area contributed by atoms with E-state index in [1.807, 2.05) is 49.4 Å². The molecule has 0 saturated carbocycles. The number of carbonyl (C=O) groups excluding carboxylic acids is 1. The fourth-order valence-electron chi connectivity index (χ4n) is 2.21. The van der Waals surface area contributed by atoms with E-state index in [4.69, 9.17) is 0 Å². The summed E-state index contributed by atoms with van der Waals surface area (Å²) in [5, 5.41) is 5.01. The van der Waals surface area contributed by atoms with Crippen molar-refractivity contribution in [2.75, 3.05) is 5.32 Å². The van der Waals surface area contributed by atoms with Crippen molar-refractivity contribution in [3.63, 3.8) is 0 Å². The molecule has 0 fully saturated rings. The van der Waals surface area contributed by atoms with Gasteiger partial charge in [0.2, 0.25) is 0 Å². The van der Waals surface area contributed by atoms with Gasteiger partial charge in [-0.2, -0.15) is 0 Å². The summed E-state index contributed by atoms with van der Waals surface area (Å²) in [5.41, 5.74) is 2.03. The molecular weight excluding hydrogens is 328 g/mol. The maximum Gasteiger partial charge on any atom is 0.282 e. The molecule has 110 valence electrons. The Balaban J connectivity index is 1.93. The van der Waals surface area contributed by atoms with Crippen molar-refractivity contribution in [1.29, 1.82) is 0 Å². The summed E-state index contributed by atoms with van der Waals surface area (Å²) in [6, 6.07) is 17.9. The van der Waals surface area contributed by atoms with Gasteiger partial charge in [0.25, 0.3) is 5.91 Å². The minimum atomic E-state index is -0.154. The minimum absolute atomic E-state index is 0.0101. The molecular formula is C17H20BrN2O+. The van der Waals surface area contributed by atoms with Gasteiger partial charge in [-0.15, -0.1) is 0 Å². The lowest BCUT2D eigenvalue weighted by molar-refractivity contribution is -0.709. The van der Waals surface area contributed by atoms with Crippen LogP contribution in [0.15, 0.2) is 59.1 Å². The number of quaternary nitrogens is 1. The van der Waals surface area contributed by atoms with Gasteiger partial charge < -0.3 is 10.6 Å². The molecule has 0 unspecified atom stereocenters. The molecule has 21 heavy (non-hydrogen) atoms. The van der Waals surface area contributed by atoms with Crippen LogP contribution in [0, 0.1) is 0 Å². The Hall–Kier alpha value is -1.65. The second-order valence-corrected chi connectivity index (χ2v) is 6.10. The predicted octanol–water partition coefficient (Wildman–Crippen LogP) is 3.10. The largest absolute Gasteiger partial charge is 0.330 e. The Morgan fingerprint density at radius 3 is 2.48 bits per heavy atom. The highest BCUT2D eigenvalue weighted by molar-refractivity contribution is 9.10. The van der Waals surface area contributed by atoms with Crippen LogP contribution < -0.4 is 10.6 Å². The van der Waals surface area contributed by atoms with E-state index in [-0.39, 0.29) is 18.0 Å². The summed E-state index contributed by atoms with van der Waals surface area (Å²) in [7, 11) is 0. The SMILES string of the molecule is C[C@H]([NH2+][C@H](C)c1ccccc1)C(=O)Nc1cccc(Br)c1. The van der Waals surface area contributed by atoms with Gasteiger partial charge in [-0.3, -0.25) is 4.79 Å². The average molecular weight is 348 g/mol. The molecule has 2 aromatic carbocycles. The lowest BCUT2D eigenvalue weighted by Gasteiger charge is -2.17. The smallest absolute Gasteiger partial charge is 0.282 e. The van der Waals surface area contributed by atoms with Crippen LogP contribution >= 0.6 is 15.9 Å². The van der Waals surface area contributed by atoms with Crippen LogP contribution in [0.5, 0.6) is 0 Å². The van der Waals surface area contributed by atoms with Crippen molar-refractivity contribution in [2.24, 2.45) is 0 Å². The topological polar surface area (TPSA) is 45.7 Å². The van der Waals surface area contributed by atoms with Gasteiger partial charge in [0.05, 0.1) is 0 Å². The van der Waals surface area contributed by atoms with Crippen molar-refractivity contribution < 1.29 is 10.1 Å². The van der Waals surface area contributed by atoms with Crippen LogP contribution in [0.3, 0.4) is 0 Å². The Bertz CT molecular complexity index is 601. The zero-order valence-corrected chi connectivity index (χ0v) is 13.8. The van der Waals surface area contributed by atoms with Crippen LogP contribution in [0.1, 0.15) is 25.5 Å². The second-order valence-electron chi connectivity index (χ2n) is 5.18. The van der Waals surface area contributed by atoms with E-state index in [0.717, 1.165) is 10.2 Å². The third-order valence-electron chi connectivity index (χ3n) is 3.41. The third-order valence-corrected chi connectivity index (χ3v) is 3.90. The molecule has 0 radical (unpaired) electrons. The van der Waals surface area contributed by atoms with Crippen LogP contribution in [0.25, 0.3) is 0 Å². The van der Waals surface area contributed by atoms with E-state index in [2.05, 4.69) is 45.6 Å². The number of hydrogen-bond acceptors (Lipinski definition) is 1. The highest BCUT2D eigenvalue weighted by atomic mass is 79.9. The Kier molecular flexibility index (Phi) is 5.53. The quantitative estimate of drug-likeness (QED) is 0.857. The highest BCUT2D eigenvalue weighted by Gasteiger charge is 2.20. The number of anilines is 1. The molecule has 3 nitrogen and oxygen atoms in total. The van der Waals surface area contributed by atoms with E-state index >= 15 is 0 Å². The minimum Gasteiger partial charge on any atom is -0.330 e. The summed E-state index contributed by atoms with van der Waals surface area (Å²) < 4.78 is 0.953. The summed E-state index contributed by atoms with van der Waals surface area (Å²) in [6.45, 7) is 4.03. The summed E-state index contributed by atoms with van der Waals surface area (Å²) in [4.78, 5) is 12.2. The first-order valence-corrected chi connectivity index (χ1v) is 7.82. The van der Waals surface area contributed by atoms with Gasteiger partial charge in [0, 0.05) is 15.7 Å². The van der Waals surface area contributed by atoms with Crippen molar-refractivity contribution >= 4 is 27.5 Å². The highest BCUT2D eigenvalue weighted by Crippen LogP contribution is 2.15. The molecule has 4 heteroatoms. The summed E-state index contributed by atoms with van der Waals surface area (Å²) in [6.07, 6.45) is 0. The van der Waals surface area contributed by atoms with E-state index in [1.54, 1.807) is 0 Å². The fourth-order valence-corrected chi connectivity index (χ4v) is 2.61. The molecule has 2 atom stereocenters. The average Bonchev–Trinajstić information content (AvgIpc) is 2.48. The Morgan fingerprint density at radius 2 is 1.81 bits per heavy atom. The van der Waals surface area contributed by atoms with E-state index < -0.39 is 0 Å². The molecule has 0 spiro atoms. The number of carbonyl (C=O) groups is 1. The molecule has 0 aromatic heterocycles. The molecule has 0 heterocycles. The van der Waals surface area contributed by atoms with Gasteiger partial charge in [-0.25, -0.2) is 0 Å². The summed E-state index contributed by atoms with van der Waals surface area (Å²) >= 11 is 3.40. The normalized spacial score (nSPS) is 13.5. The first-order valence-electron chi connectivity index (χ1n) is 7.02. The van der Waals surface area contributed by atoms with Crippen molar-refractivity contribution in [2.45, 2.75) is 25.9 Å². The molecule has 2 aromatic rings. The number of amides is 1. The number of benzene rings is 2. The van der Waals surface area contributed by atoms with Crippen molar-refractivity contribution in [1.82, 2.24) is 0 Å². The van der Waals surface area contributed by atoms with Gasteiger partial charge in [0.1, 0.15) is 6.04 Å². The number of hydrogen-bond donors (Lipinski definition) is 2. The number of nitrogens with two attached hydrogens (primary N) is 1. The fraction of sp³-hybridized carbons (Fsp3) is 0.235. The molecule has 1 amide bonds. The lowest BCUT2D eigenvalue weighted by Crippen LogP contribution is -2.91.